The molecule has 0 radical (unpaired) electrons. The first-order chi connectivity index (χ1) is 5.77. The summed E-state index contributed by atoms with van der Waals surface area (Å²) in [6, 6.07) is 3.76. The van der Waals surface area contributed by atoms with Crippen molar-refractivity contribution in [1.29, 1.82) is 0 Å². The molecule has 0 bridgehead atoms. The molecule has 2 nitrogen and oxygen atoms in total. The largest absolute Gasteiger partial charge is 0.291 e. The van der Waals surface area contributed by atoms with Gasteiger partial charge in [0, 0.05) is 6.20 Å². The van der Waals surface area contributed by atoms with Crippen LogP contribution >= 0.6 is 15.9 Å². The molecule has 64 valence electrons. The van der Waals surface area contributed by atoms with Crippen molar-refractivity contribution in [2.45, 2.75) is 13.3 Å². The molecule has 1 aromatic heterocycles. The van der Waals surface area contributed by atoms with Crippen molar-refractivity contribution in [2.24, 2.45) is 0 Å². The van der Waals surface area contributed by atoms with Crippen LogP contribution in [0.1, 0.15) is 23.0 Å². The van der Waals surface area contributed by atoms with Crippen LogP contribution < -0.4 is 0 Å². The zero-order valence-electron chi connectivity index (χ0n) is 6.88. The maximum Gasteiger partial charge on any atom is 0.191 e. The average Bonchev–Trinajstić information content (AvgIpc) is 2.17. The zero-order chi connectivity index (χ0) is 8.97. The summed E-state index contributed by atoms with van der Waals surface area (Å²) in [5, 5.41) is 0.340. The molecule has 0 aliphatic heterocycles. The summed E-state index contributed by atoms with van der Waals surface area (Å²) in [5.74, 6) is 0.0327. The number of halogens is 1. The summed E-state index contributed by atoms with van der Waals surface area (Å²) in [4.78, 5) is 15.2. The van der Waals surface area contributed by atoms with Gasteiger partial charge in [-0.2, -0.15) is 0 Å². The monoisotopic (exact) mass is 227 g/mol. The first kappa shape index (κ1) is 9.39. The van der Waals surface area contributed by atoms with Gasteiger partial charge in [0.2, 0.25) is 0 Å². The first-order valence-corrected chi connectivity index (χ1v) is 4.94. The van der Waals surface area contributed by atoms with Crippen molar-refractivity contribution >= 4 is 21.7 Å². The van der Waals surface area contributed by atoms with Crippen LogP contribution in [0.2, 0.25) is 0 Å². The van der Waals surface area contributed by atoms with Crippen molar-refractivity contribution in [2.75, 3.05) is 5.33 Å². The van der Waals surface area contributed by atoms with E-state index in [-0.39, 0.29) is 5.78 Å². The van der Waals surface area contributed by atoms with Crippen molar-refractivity contribution in [3.63, 3.8) is 0 Å². The van der Waals surface area contributed by atoms with E-state index in [1.54, 1.807) is 6.20 Å². The molecule has 1 heterocycles. The van der Waals surface area contributed by atoms with Crippen LogP contribution in [0.4, 0.5) is 0 Å². The van der Waals surface area contributed by atoms with Gasteiger partial charge in [-0.3, -0.25) is 9.78 Å². The molecule has 0 aliphatic carbocycles. The Bertz CT molecular complexity index is 286. The summed E-state index contributed by atoms with van der Waals surface area (Å²) < 4.78 is 0. The van der Waals surface area contributed by atoms with Gasteiger partial charge in [0.05, 0.1) is 5.33 Å². The zero-order valence-corrected chi connectivity index (χ0v) is 8.47. The number of hydrogen-bond acceptors (Lipinski definition) is 2. The molecule has 1 aromatic rings. The lowest BCUT2D eigenvalue weighted by Gasteiger charge is -1.98. The number of aromatic nitrogens is 1. The molecule has 0 N–H and O–H groups in total. The Morgan fingerprint density at radius 2 is 2.42 bits per heavy atom. The van der Waals surface area contributed by atoms with E-state index >= 15 is 0 Å². The van der Waals surface area contributed by atoms with E-state index < -0.39 is 0 Å². The highest BCUT2D eigenvalue weighted by Crippen LogP contribution is 2.04. The number of hydrogen-bond donors (Lipinski definition) is 0. The molecular weight excluding hydrogens is 218 g/mol. The van der Waals surface area contributed by atoms with Crippen LogP contribution in [0.25, 0.3) is 0 Å². The molecule has 0 amide bonds. The molecule has 0 atom stereocenters. The highest BCUT2D eigenvalue weighted by molar-refractivity contribution is 9.09. The van der Waals surface area contributed by atoms with Crippen molar-refractivity contribution in [1.82, 2.24) is 4.98 Å². The fraction of sp³-hybridized carbons (Fsp3) is 0.333. The third-order valence-electron chi connectivity index (χ3n) is 1.64. The lowest BCUT2D eigenvalue weighted by Crippen LogP contribution is -2.03. The maximum atomic E-state index is 11.2. The Labute approximate surface area is 80.1 Å². The highest BCUT2D eigenvalue weighted by Gasteiger charge is 2.04. The van der Waals surface area contributed by atoms with Crippen LogP contribution in [-0.2, 0) is 6.42 Å². The van der Waals surface area contributed by atoms with Gasteiger partial charge >= 0.3 is 0 Å². The number of Topliss-reactive ketones (excluding diaryl/α,β-unsaturated/α-hetero) is 1. The molecule has 0 spiro atoms. The minimum absolute atomic E-state index is 0.0327. The first-order valence-electron chi connectivity index (χ1n) is 3.82. The summed E-state index contributed by atoms with van der Waals surface area (Å²) >= 11 is 3.11. The summed E-state index contributed by atoms with van der Waals surface area (Å²) in [6.07, 6.45) is 2.61. The highest BCUT2D eigenvalue weighted by atomic mass is 79.9. The van der Waals surface area contributed by atoms with E-state index in [1.807, 2.05) is 12.1 Å². The minimum Gasteiger partial charge on any atom is -0.291 e. The second-order valence-electron chi connectivity index (χ2n) is 2.46. The predicted octanol–water partition coefficient (Wildman–Crippen LogP) is 2.22. The number of pyridine rings is 1. The quantitative estimate of drug-likeness (QED) is 0.586. The molecular formula is C9H10BrNO. The summed E-state index contributed by atoms with van der Waals surface area (Å²) in [6.45, 7) is 2.05. The van der Waals surface area contributed by atoms with Gasteiger partial charge in [-0.05, 0) is 24.1 Å². The maximum absolute atomic E-state index is 11.2. The van der Waals surface area contributed by atoms with Crippen LogP contribution in [0.5, 0.6) is 0 Å². The second kappa shape index (κ2) is 4.36. The normalized spacial score (nSPS) is 9.83. The van der Waals surface area contributed by atoms with Gasteiger partial charge in [0.15, 0.2) is 5.78 Å². The van der Waals surface area contributed by atoms with Crippen molar-refractivity contribution in [3.8, 4) is 0 Å². The number of carbonyl (C=O) groups excluding carboxylic acids is 1. The SMILES string of the molecule is CCc1ccnc(C(=O)CBr)c1. The molecule has 0 aromatic carbocycles. The fourth-order valence-corrected chi connectivity index (χ4v) is 1.20. The fourth-order valence-electron chi connectivity index (χ4n) is 0.915. The second-order valence-corrected chi connectivity index (χ2v) is 3.02. The molecule has 0 aliphatic rings. The molecule has 3 heteroatoms. The average molecular weight is 228 g/mol. The Hall–Kier alpha value is -0.700. The van der Waals surface area contributed by atoms with Crippen molar-refractivity contribution < 1.29 is 4.79 Å². The number of carbonyl (C=O) groups is 1. The molecule has 0 fully saturated rings. The van der Waals surface area contributed by atoms with Gasteiger partial charge in [-0.1, -0.05) is 22.9 Å². The summed E-state index contributed by atoms with van der Waals surface area (Å²) in [7, 11) is 0. The molecule has 1 rings (SSSR count). The smallest absolute Gasteiger partial charge is 0.191 e. The lowest BCUT2D eigenvalue weighted by atomic mass is 10.1. The molecule has 0 saturated carbocycles. The molecule has 0 unspecified atom stereocenters. The van der Waals surface area contributed by atoms with E-state index in [9.17, 15) is 4.79 Å². The Morgan fingerprint density at radius 1 is 1.67 bits per heavy atom. The van der Waals surface area contributed by atoms with Crippen LogP contribution in [0.15, 0.2) is 18.3 Å². The number of aryl methyl sites for hydroxylation is 1. The minimum atomic E-state index is 0.0327. The molecule has 12 heavy (non-hydrogen) atoms. The number of rotatable bonds is 3. The topological polar surface area (TPSA) is 30.0 Å². The Morgan fingerprint density at radius 3 is 3.00 bits per heavy atom. The van der Waals surface area contributed by atoms with E-state index in [4.69, 9.17) is 0 Å². The van der Waals surface area contributed by atoms with Crippen LogP contribution in [-0.4, -0.2) is 16.1 Å². The van der Waals surface area contributed by atoms with Gasteiger partial charge in [0.25, 0.3) is 0 Å². The third-order valence-corrected chi connectivity index (χ3v) is 2.15. The van der Waals surface area contributed by atoms with Crippen LogP contribution in [0.3, 0.4) is 0 Å². The van der Waals surface area contributed by atoms with E-state index in [0.717, 1.165) is 12.0 Å². The van der Waals surface area contributed by atoms with E-state index in [1.165, 1.54) is 0 Å². The standard InChI is InChI=1S/C9H10BrNO/c1-2-7-3-4-11-8(5-7)9(12)6-10/h3-5H,2,6H2,1H3. The van der Waals surface area contributed by atoms with Gasteiger partial charge in [-0.15, -0.1) is 0 Å². The van der Waals surface area contributed by atoms with Crippen LogP contribution in [0, 0.1) is 0 Å². The Kier molecular flexibility index (Phi) is 3.41. The van der Waals surface area contributed by atoms with E-state index in [2.05, 4.69) is 27.8 Å². The van der Waals surface area contributed by atoms with Gasteiger partial charge in [0.1, 0.15) is 5.69 Å². The van der Waals surface area contributed by atoms with Gasteiger partial charge in [-0.25, -0.2) is 0 Å². The lowest BCUT2D eigenvalue weighted by molar-refractivity contribution is 0.101. The predicted molar refractivity (Wildman–Crippen MR) is 51.7 cm³/mol. The number of alkyl halides is 1. The van der Waals surface area contributed by atoms with Gasteiger partial charge < -0.3 is 0 Å². The number of nitrogens with zero attached hydrogens (tertiary/aromatic N) is 1. The van der Waals surface area contributed by atoms with E-state index in [0.29, 0.717) is 11.0 Å². The van der Waals surface area contributed by atoms with Crippen molar-refractivity contribution in [3.05, 3.63) is 29.6 Å². The third kappa shape index (κ3) is 2.14. The Balaban J connectivity index is 2.93. The molecule has 0 saturated heterocycles. The number of ketones is 1. The summed E-state index contributed by atoms with van der Waals surface area (Å²) in [5.41, 5.74) is 1.69.